The van der Waals surface area contributed by atoms with Crippen LogP contribution in [-0.4, -0.2) is 19.6 Å². The summed E-state index contributed by atoms with van der Waals surface area (Å²) in [5.74, 6) is 2.51. The molecular weight excluding hydrogens is 806 g/mol. The summed E-state index contributed by atoms with van der Waals surface area (Å²) in [7, 11) is -2.75. The van der Waals surface area contributed by atoms with Crippen LogP contribution in [-0.2, 0) is 0 Å². The Hall–Kier alpha value is -8.12. The molecule has 3 heterocycles. The van der Waals surface area contributed by atoms with Gasteiger partial charge in [-0.2, -0.15) is 0 Å². The molecule has 1 aromatic heterocycles. The zero-order valence-electron chi connectivity index (χ0n) is 35.4. The van der Waals surface area contributed by atoms with Gasteiger partial charge in [-0.05, 0) is 97.1 Å². The van der Waals surface area contributed by atoms with Crippen LogP contribution in [0, 0.1) is 0 Å². The fourth-order valence-corrected chi connectivity index (χ4v) is 15.5. The predicted molar refractivity (Wildman–Crippen MR) is 273 cm³/mol. The Morgan fingerprint density at radius 3 is 1.58 bits per heavy atom. The molecule has 65 heavy (non-hydrogen) atoms. The molecular formula is C60H40BNO2Si. The van der Waals surface area contributed by atoms with Crippen LogP contribution in [0.3, 0.4) is 0 Å². The van der Waals surface area contributed by atoms with E-state index in [9.17, 15) is 0 Å². The Bertz CT molecular complexity index is 3470. The zero-order chi connectivity index (χ0) is 42.9. The van der Waals surface area contributed by atoms with Crippen LogP contribution in [0.15, 0.2) is 243 Å². The van der Waals surface area contributed by atoms with Gasteiger partial charge >= 0.3 is 6.92 Å². The monoisotopic (exact) mass is 845 g/mol. The Labute approximate surface area is 379 Å². The van der Waals surface area contributed by atoms with Crippen LogP contribution < -0.4 is 41.1 Å². The van der Waals surface area contributed by atoms with Gasteiger partial charge in [-0.3, -0.25) is 0 Å². The summed E-state index contributed by atoms with van der Waals surface area (Å²) in [5.41, 5.74) is 12.3. The lowest BCUT2D eigenvalue weighted by Gasteiger charge is -2.35. The highest BCUT2D eigenvalue weighted by Gasteiger charge is 2.43. The van der Waals surface area contributed by atoms with Gasteiger partial charge in [-0.1, -0.05) is 194 Å². The minimum absolute atomic E-state index is 0.339. The maximum Gasteiger partial charge on any atom is 0.434 e. The van der Waals surface area contributed by atoms with E-state index in [0.29, 0.717) is 0 Å². The van der Waals surface area contributed by atoms with Crippen LogP contribution in [0.25, 0.3) is 60.9 Å². The number of nitrogens with zero attached hydrogens (tertiary/aromatic N) is 1. The summed E-state index contributed by atoms with van der Waals surface area (Å²) in [4.78, 5) is 0. The molecule has 0 bridgehead atoms. The van der Waals surface area contributed by atoms with E-state index < -0.39 is 8.07 Å². The van der Waals surface area contributed by atoms with E-state index >= 15 is 0 Å². The lowest BCUT2D eigenvalue weighted by Crippen LogP contribution is -2.74. The molecule has 0 saturated heterocycles. The number of rotatable bonds is 7. The van der Waals surface area contributed by atoms with Crippen molar-refractivity contribution in [1.82, 2.24) is 4.57 Å². The quantitative estimate of drug-likeness (QED) is 0.118. The standard InChI is InChI=1S/C60H40BNO2Si/c1-4-21-46(22-5-1)65(47-23-6-2-7-24-47,48-25-8-3-9-26-48)49-27-17-19-42(37-49)44-38-53-52-30-12-15-33-57(52)64-61-54-39-43(34-35-58(54)63-59(40-44)60(53)61)41-18-16-20-45(36-41)62-55-31-13-10-28-50(55)51-29-11-14-32-56(51)62/h1-40H. The Kier molecular flexibility index (Phi) is 8.65. The molecule has 0 amide bonds. The van der Waals surface area contributed by atoms with Crippen molar-refractivity contribution in [1.29, 1.82) is 0 Å². The molecule has 5 heteroatoms. The van der Waals surface area contributed by atoms with Crippen molar-refractivity contribution in [3.05, 3.63) is 243 Å². The van der Waals surface area contributed by atoms with E-state index in [2.05, 4.69) is 247 Å². The van der Waals surface area contributed by atoms with Gasteiger partial charge in [0.15, 0.2) is 8.07 Å². The van der Waals surface area contributed by atoms with Gasteiger partial charge in [-0.25, -0.2) is 0 Å². The topological polar surface area (TPSA) is 23.4 Å². The molecule has 10 aromatic carbocycles. The van der Waals surface area contributed by atoms with E-state index in [-0.39, 0.29) is 6.92 Å². The van der Waals surface area contributed by atoms with Crippen LogP contribution >= 0.6 is 0 Å². The van der Waals surface area contributed by atoms with Gasteiger partial charge in [-0.15, -0.1) is 0 Å². The van der Waals surface area contributed by atoms with Gasteiger partial charge in [0.1, 0.15) is 17.2 Å². The Balaban J connectivity index is 0.940. The molecule has 0 atom stereocenters. The van der Waals surface area contributed by atoms with Crippen LogP contribution in [0.2, 0.25) is 0 Å². The molecule has 304 valence electrons. The Morgan fingerprint density at radius 2 is 0.908 bits per heavy atom. The predicted octanol–water partition coefficient (Wildman–Crippen LogP) is 10.8. The number of hydrogen-bond donors (Lipinski definition) is 0. The number of fused-ring (bicyclic) bond motifs is 7. The van der Waals surface area contributed by atoms with E-state index in [0.717, 1.165) is 67.2 Å². The summed E-state index contributed by atoms with van der Waals surface area (Å²) in [6, 6.07) is 88.4. The normalized spacial score (nSPS) is 12.5. The average Bonchev–Trinajstić information content (AvgIpc) is 3.72. The highest BCUT2D eigenvalue weighted by atomic mass is 28.3. The summed E-state index contributed by atoms with van der Waals surface area (Å²) in [6.07, 6.45) is 0. The lowest BCUT2D eigenvalue weighted by molar-refractivity contribution is 0.479. The van der Waals surface area contributed by atoms with E-state index in [1.165, 1.54) is 42.6 Å². The molecule has 2 aliphatic heterocycles. The third-order valence-electron chi connectivity index (χ3n) is 13.6. The van der Waals surface area contributed by atoms with Gasteiger partial charge in [0, 0.05) is 32.9 Å². The molecule has 0 unspecified atom stereocenters. The molecule has 0 aliphatic carbocycles. The zero-order valence-corrected chi connectivity index (χ0v) is 36.4. The van der Waals surface area contributed by atoms with E-state index in [4.69, 9.17) is 9.39 Å². The second-order valence-electron chi connectivity index (χ2n) is 17.1. The van der Waals surface area contributed by atoms with Crippen molar-refractivity contribution in [3.63, 3.8) is 0 Å². The average molecular weight is 846 g/mol. The second-order valence-corrected chi connectivity index (χ2v) is 20.9. The molecule has 0 fully saturated rings. The van der Waals surface area contributed by atoms with Crippen molar-refractivity contribution in [2.75, 3.05) is 0 Å². The number of benzene rings is 10. The van der Waals surface area contributed by atoms with Gasteiger partial charge in [0.25, 0.3) is 0 Å². The Morgan fingerprint density at radius 1 is 0.354 bits per heavy atom. The summed E-state index contributed by atoms with van der Waals surface area (Å²) < 4.78 is 16.4. The number of para-hydroxylation sites is 3. The minimum atomic E-state index is -2.75. The maximum absolute atomic E-state index is 7.01. The first-order chi connectivity index (χ1) is 32.2. The fraction of sp³-hybridized carbons (Fsp3) is 0. The second kappa shape index (κ2) is 15.0. The molecule has 11 aromatic rings. The van der Waals surface area contributed by atoms with Gasteiger partial charge in [0.2, 0.25) is 0 Å². The van der Waals surface area contributed by atoms with Crippen LogP contribution in [0.5, 0.6) is 17.2 Å². The minimum Gasteiger partial charge on any atom is -0.551 e. The van der Waals surface area contributed by atoms with Crippen molar-refractivity contribution < 1.29 is 9.39 Å². The van der Waals surface area contributed by atoms with Gasteiger partial charge in [0.05, 0.1) is 11.0 Å². The number of aromatic nitrogens is 1. The smallest absolute Gasteiger partial charge is 0.434 e. The van der Waals surface area contributed by atoms with Crippen molar-refractivity contribution in [3.8, 4) is 56.3 Å². The first-order valence-corrected chi connectivity index (χ1v) is 24.3. The third-order valence-corrected chi connectivity index (χ3v) is 18.4. The van der Waals surface area contributed by atoms with Crippen molar-refractivity contribution in [2.24, 2.45) is 0 Å². The molecule has 0 saturated carbocycles. The molecule has 13 rings (SSSR count). The highest BCUT2D eigenvalue weighted by Crippen LogP contribution is 2.42. The summed E-state index contributed by atoms with van der Waals surface area (Å²) >= 11 is 0. The van der Waals surface area contributed by atoms with Crippen LogP contribution in [0.1, 0.15) is 0 Å². The molecule has 3 nitrogen and oxygen atoms in total. The molecule has 0 N–H and O–H groups in total. The van der Waals surface area contributed by atoms with Crippen molar-refractivity contribution >= 4 is 68.5 Å². The number of hydrogen-bond acceptors (Lipinski definition) is 2. The third kappa shape index (κ3) is 5.90. The maximum atomic E-state index is 7.01. The molecule has 0 radical (unpaired) electrons. The van der Waals surface area contributed by atoms with Crippen molar-refractivity contribution in [2.45, 2.75) is 0 Å². The van der Waals surface area contributed by atoms with E-state index in [1.807, 2.05) is 0 Å². The largest absolute Gasteiger partial charge is 0.551 e. The lowest BCUT2D eigenvalue weighted by atomic mass is 9.50. The highest BCUT2D eigenvalue weighted by molar-refractivity contribution is 7.19. The fourth-order valence-electron chi connectivity index (χ4n) is 10.7. The SMILES string of the molecule is c1ccc([Si](c2ccccc2)(c2ccccc2)c2cccc(-c3cc4c5c(c3)-c3ccccc3OB5c3cc(-c5cccc(-n6c7ccccc7c7ccccc76)c5)ccc3O4)c2)cc1. The molecule has 2 aliphatic rings. The first kappa shape index (κ1) is 37.4. The summed E-state index contributed by atoms with van der Waals surface area (Å²) in [6.45, 7) is -0.339. The first-order valence-electron chi connectivity index (χ1n) is 22.3. The number of ether oxygens (including phenoxy) is 1. The van der Waals surface area contributed by atoms with Gasteiger partial charge < -0.3 is 14.0 Å². The van der Waals surface area contributed by atoms with E-state index in [1.54, 1.807) is 0 Å². The summed E-state index contributed by atoms with van der Waals surface area (Å²) in [5, 5.41) is 7.87. The molecule has 0 spiro atoms. The van der Waals surface area contributed by atoms with Crippen LogP contribution in [0.4, 0.5) is 0 Å².